The maximum Gasteiger partial charge on any atom is 0.185 e. The molecule has 0 aliphatic carbocycles. The van der Waals surface area contributed by atoms with Crippen LogP contribution in [0.3, 0.4) is 0 Å². The highest BCUT2D eigenvalue weighted by molar-refractivity contribution is 6.32. The van der Waals surface area contributed by atoms with Crippen LogP contribution in [0.5, 0.6) is 11.5 Å². The zero-order chi connectivity index (χ0) is 19.2. The third kappa shape index (κ3) is 4.81. The smallest absolute Gasteiger partial charge is 0.185 e. The number of allylic oxidation sites excluding steroid dienone is 1. The van der Waals surface area contributed by atoms with Crippen LogP contribution >= 0.6 is 11.6 Å². The van der Waals surface area contributed by atoms with Crippen molar-refractivity contribution in [2.75, 3.05) is 37.8 Å². The van der Waals surface area contributed by atoms with Crippen LogP contribution in [0.25, 0.3) is 6.08 Å². The van der Waals surface area contributed by atoms with Crippen LogP contribution in [-0.2, 0) is 4.74 Å². The van der Waals surface area contributed by atoms with E-state index in [2.05, 4.69) is 4.90 Å². The summed E-state index contributed by atoms with van der Waals surface area (Å²) in [6, 6.07) is 10.8. The maximum atomic E-state index is 12.6. The molecular formula is C21H22ClNO4. The Hall–Kier alpha value is -2.50. The molecule has 5 nitrogen and oxygen atoms in total. The molecule has 0 radical (unpaired) electrons. The van der Waals surface area contributed by atoms with E-state index in [1.807, 2.05) is 25.1 Å². The third-order valence-electron chi connectivity index (χ3n) is 4.28. The SMILES string of the molecule is CCOc1cc(/C=C/C(=O)c2cccc(N3CCOCC3)c2)cc(Cl)c1O. The summed E-state index contributed by atoms with van der Waals surface area (Å²) in [4.78, 5) is 14.8. The van der Waals surface area contributed by atoms with Crippen molar-refractivity contribution in [2.45, 2.75) is 6.92 Å². The molecule has 0 saturated carbocycles. The van der Waals surface area contributed by atoms with Gasteiger partial charge in [-0.15, -0.1) is 0 Å². The van der Waals surface area contributed by atoms with Gasteiger partial charge in [0.2, 0.25) is 0 Å². The summed E-state index contributed by atoms with van der Waals surface area (Å²) in [6.07, 6.45) is 3.16. The predicted molar refractivity (Wildman–Crippen MR) is 107 cm³/mol. The molecular weight excluding hydrogens is 366 g/mol. The minimum absolute atomic E-state index is 0.0970. The molecule has 3 rings (SSSR count). The lowest BCUT2D eigenvalue weighted by atomic mass is 10.1. The second-order valence-corrected chi connectivity index (χ2v) is 6.54. The first-order valence-corrected chi connectivity index (χ1v) is 9.26. The van der Waals surface area contributed by atoms with Crippen molar-refractivity contribution in [1.82, 2.24) is 0 Å². The number of phenolic OH excluding ortho intramolecular Hbond substituents is 1. The lowest BCUT2D eigenvalue weighted by molar-refractivity contribution is 0.104. The van der Waals surface area contributed by atoms with Crippen LogP contribution in [0.2, 0.25) is 5.02 Å². The standard InChI is InChI=1S/C21H22ClNO4/c1-2-27-20-13-15(12-18(22)21(20)25)6-7-19(24)16-4-3-5-17(14-16)23-8-10-26-11-9-23/h3-7,12-14,25H,2,8-11H2,1H3/b7-6+. The summed E-state index contributed by atoms with van der Waals surface area (Å²) in [5, 5.41) is 10.1. The van der Waals surface area contributed by atoms with Crippen molar-refractivity contribution in [3.8, 4) is 11.5 Å². The van der Waals surface area contributed by atoms with Crippen LogP contribution < -0.4 is 9.64 Å². The van der Waals surface area contributed by atoms with Gasteiger partial charge in [-0.2, -0.15) is 0 Å². The van der Waals surface area contributed by atoms with Gasteiger partial charge in [0.1, 0.15) is 0 Å². The van der Waals surface area contributed by atoms with Crippen molar-refractivity contribution >= 4 is 29.1 Å². The number of nitrogens with zero attached hydrogens (tertiary/aromatic N) is 1. The van der Waals surface area contributed by atoms with Gasteiger partial charge in [-0.05, 0) is 42.8 Å². The van der Waals surface area contributed by atoms with Gasteiger partial charge in [0.05, 0.1) is 24.8 Å². The summed E-state index contributed by atoms with van der Waals surface area (Å²) in [6.45, 7) is 5.26. The molecule has 2 aromatic rings. The number of phenols is 1. The zero-order valence-electron chi connectivity index (χ0n) is 15.2. The molecule has 1 aliphatic rings. The largest absolute Gasteiger partial charge is 0.503 e. The molecule has 0 amide bonds. The zero-order valence-corrected chi connectivity index (χ0v) is 15.9. The Morgan fingerprint density at radius 2 is 2.07 bits per heavy atom. The Balaban J connectivity index is 1.77. The van der Waals surface area contributed by atoms with E-state index in [1.165, 1.54) is 6.08 Å². The highest BCUT2D eigenvalue weighted by Crippen LogP contribution is 2.35. The normalized spacial score (nSPS) is 14.5. The van der Waals surface area contributed by atoms with Crippen LogP contribution in [-0.4, -0.2) is 43.8 Å². The first-order chi connectivity index (χ1) is 13.1. The fourth-order valence-electron chi connectivity index (χ4n) is 2.90. The van der Waals surface area contributed by atoms with Crippen molar-refractivity contribution < 1.29 is 19.4 Å². The van der Waals surface area contributed by atoms with Crippen molar-refractivity contribution in [3.05, 3.63) is 58.6 Å². The van der Waals surface area contributed by atoms with E-state index in [1.54, 1.807) is 24.3 Å². The number of carbonyl (C=O) groups is 1. The number of hydrogen-bond donors (Lipinski definition) is 1. The lowest BCUT2D eigenvalue weighted by Crippen LogP contribution is -2.36. The first kappa shape index (κ1) is 19.3. The molecule has 0 bridgehead atoms. The van der Waals surface area contributed by atoms with E-state index < -0.39 is 0 Å². The molecule has 2 aromatic carbocycles. The molecule has 1 aliphatic heterocycles. The molecule has 1 heterocycles. The second-order valence-electron chi connectivity index (χ2n) is 6.13. The summed E-state index contributed by atoms with van der Waals surface area (Å²) >= 11 is 6.03. The van der Waals surface area contributed by atoms with Gasteiger partial charge in [-0.3, -0.25) is 4.79 Å². The molecule has 0 spiro atoms. The van der Waals surface area contributed by atoms with E-state index in [0.29, 0.717) is 36.7 Å². The monoisotopic (exact) mass is 387 g/mol. The number of ether oxygens (including phenoxy) is 2. The number of aromatic hydroxyl groups is 1. The van der Waals surface area contributed by atoms with Crippen molar-refractivity contribution in [1.29, 1.82) is 0 Å². The van der Waals surface area contributed by atoms with Crippen LogP contribution in [0.15, 0.2) is 42.5 Å². The van der Waals surface area contributed by atoms with E-state index in [4.69, 9.17) is 21.1 Å². The summed E-state index contributed by atoms with van der Waals surface area (Å²) in [5.74, 6) is 0.0962. The Morgan fingerprint density at radius 3 is 2.81 bits per heavy atom. The summed E-state index contributed by atoms with van der Waals surface area (Å²) < 4.78 is 10.7. The Kier molecular flexibility index (Phi) is 6.37. The summed E-state index contributed by atoms with van der Waals surface area (Å²) in [7, 11) is 0. The number of hydrogen-bond acceptors (Lipinski definition) is 5. The number of ketones is 1. The highest BCUT2D eigenvalue weighted by atomic mass is 35.5. The molecule has 6 heteroatoms. The van der Waals surface area contributed by atoms with Crippen LogP contribution in [0, 0.1) is 0 Å². The fraction of sp³-hybridized carbons (Fsp3) is 0.286. The minimum Gasteiger partial charge on any atom is -0.503 e. The maximum absolute atomic E-state index is 12.6. The van der Waals surface area contributed by atoms with Gasteiger partial charge in [0.25, 0.3) is 0 Å². The first-order valence-electron chi connectivity index (χ1n) is 8.89. The summed E-state index contributed by atoms with van der Waals surface area (Å²) in [5.41, 5.74) is 2.31. The Bertz CT molecular complexity index is 844. The van der Waals surface area contributed by atoms with Gasteiger partial charge in [-0.25, -0.2) is 0 Å². The van der Waals surface area contributed by atoms with Gasteiger partial charge in [0, 0.05) is 24.3 Å². The van der Waals surface area contributed by atoms with E-state index in [9.17, 15) is 9.90 Å². The number of morpholine rings is 1. The molecule has 27 heavy (non-hydrogen) atoms. The number of rotatable bonds is 6. The molecule has 1 N–H and O–H groups in total. The molecule has 1 saturated heterocycles. The number of halogens is 1. The Labute approximate surface area is 163 Å². The topological polar surface area (TPSA) is 59.0 Å². The lowest BCUT2D eigenvalue weighted by Gasteiger charge is -2.29. The number of benzene rings is 2. The van der Waals surface area contributed by atoms with Crippen molar-refractivity contribution in [2.24, 2.45) is 0 Å². The number of anilines is 1. The molecule has 0 atom stereocenters. The van der Waals surface area contributed by atoms with Crippen molar-refractivity contribution in [3.63, 3.8) is 0 Å². The van der Waals surface area contributed by atoms with Gasteiger partial charge in [0.15, 0.2) is 17.3 Å². The van der Waals surface area contributed by atoms with Gasteiger partial charge >= 0.3 is 0 Å². The van der Waals surface area contributed by atoms with Crippen LogP contribution in [0.4, 0.5) is 5.69 Å². The average Bonchev–Trinajstić information content (AvgIpc) is 2.70. The van der Waals surface area contributed by atoms with Gasteiger partial charge in [-0.1, -0.05) is 29.8 Å². The molecule has 0 unspecified atom stereocenters. The quantitative estimate of drug-likeness (QED) is 0.595. The van der Waals surface area contributed by atoms with E-state index >= 15 is 0 Å². The fourth-order valence-corrected chi connectivity index (χ4v) is 3.12. The average molecular weight is 388 g/mol. The third-order valence-corrected chi connectivity index (χ3v) is 4.57. The van der Waals surface area contributed by atoms with E-state index in [0.717, 1.165) is 18.8 Å². The molecule has 1 fully saturated rings. The number of carbonyl (C=O) groups excluding carboxylic acids is 1. The predicted octanol–water partition coefficient (Wildman–Crippen LogP) is 4.18. The van der Waals surface area contributed by atoms with Gasteiger partial charge < -0.3 is 19.5 Å². The molecule has 0 aromatic heterocycles. The Morgan fingerprint density at radius 1 is 1.30 bits per heavy atom. The highest BCUT2D eigenvalue weighted by Gasteiger charge is 2.13. The minimum atomic E-state index is -0.104. The van der Waals surface area contributed by atoms with Crippen LogP contribution in [0.1, 0.15) is 22.8 Å². The van der Waals surface area contributed by atoms with E-state index in [-0.39, 0.29) is 16.6 Å². The second kappa shape index (κ2) is 8.93. The molecule has 142 valence electrons.